The lowest BCUT2D eigenvalue weighted by molar-refractivity contribution is -0.138. The summed E-state index contributed by atoms with van der Waals surface area (Å²) in [4.78, 5) is 41.0. The lowest BCUT2D eigenvalue weighted by Gasteiger charge is -2.27. The summed E-state index contributed by atoms with van der Waals surface area (Å²) in [5, 5.41) is 12.5. The number of aromatic nitrogens is 1. The van der Waals surface area contributed by atoms with Gasteiger partial charge >= 0.3 is 5.97 Å². The van der Waals surface area contributed by atoms with E-state index < -0.39 is 47.6 Å². The van der Waals surface area contributed by atoms with Gasteiger partial charge in [0.05, 0.1) is 12.5 Å². The van der Waals surface area contributed by atoms with Crippen molar-refractivity contribution in [1.29, 1.82) is 0 Å². The Morgan fingerprint density at radius 2 is 1.61 bits per heavy atom. The molecule has 0 saturated carbocycles. The first kappa shape index (κ1) is 36.7. The molecule has 0 saturated heterocycles. The van der Waals surface area contributed by atoms with Gasteiger partial charge in [-0.2, -0.15) is 13.5 Å². The lowest BCUT2D eigenvalue weighted by Crippen LogP contribution is -2.41. The second-order valence-corrected chi connectivity index (χ2v) is 12.1. The number of hydrogen-bond donors (Lipinski definition) is 2. The van der Waals surface area contributed by atoms with E-state index in [1.54, 1.807) is 26.0 Å². The van der Waals surface area contributed by atoms with Crippen molar-refractivity contribution in [2.75, 3.05) is 20.6 Å². The van der Waals surface area contributed by atoms with E-state index in [2.05, 4.69) is 5.32 Å². The summed E-state index contributed by atoms with van der Waals surface area (Å²) in [6.07, 6.45) is 1.59. The van der Waals surface area contributed by atoms with E-state index in [0.29, 0.717) is 29.7 Å². The molecule has 3 aromatic rings. The number of rotatable bonds is 12. The molecule has 0 aliphatic rings. The third-order valence-electron chi connectivity index (χ3n) is 7.81. The molecule has 2 atom stereocenters. The van der Waals surface area contributed by atoms with Gasteiger partial charge in [0.25, 0.3) is 5.56 Å². The fourth-order valence-electron chi connectivity index (χ4n) is 5.50. The zero-order chi connectivity index (χ0) is 32.2. The predicted octanol–water partition coefficient (Wildman–Crippen LogP) is 6.16. The minimum atomic E-state index is -1.23. The number of carboxylic acids is 1. The third-order valence-corrected chi connectivity index (χ3v) is 7.81. The highest BCUT2D eigenvalue weighted by Gasteiger charge is 2.30. The molecule has 2 N–H and O–H groups in total. The van der Waals surface area contributed by atoms with Gasteiger partial charge in [-0.25, -0.2) is 8.78 Å². The second-order valence-electron chi connectivity index (χ2n) is 12.1. The average Bonchev–Trinajstić information content (AvgIpc) is 2.91. The Hall–Kier alpha value is -3.50. The first-order valence-electron chi connectivity index (χ1n) is 14.6. The highest BCUT2D eigenvalue weighted by molar-refractivity contribution is 7.59. The second kappa shape index (κ2) is 15.5. The number of aliphatic carboxylic acids is 1. The van der Waals surface area contributed by atoms with Gasteiger partial charge in [-0.1, -0.05) is 32.0 Å². The molecular formula is C34H45F2N3O4S. The molecule has 0 radical (unpaired) electrons. The van der Waals surface area contributed by atoms with Gasteiger partial charge in [0, 0.05) is 18.3 Å². The van der Waals surface area contributed by atoms with Crippen molar-refractivity contribution in [1.82, 2.24) is 14.8 Å². The summed E-state index contributed by atoms with van der Waals surface area (Å²) in [6, 6.07) is 6.73. The number of halogens is 2. The number of likely N-dealkylation sites (N-methyl/N-ethyl adjacent to an activating group) is 1. The molecule has 240 valence electrons. The number of aryl methyl sites for hydroxylation is 3. The molecule has 0 spiro atoms. The van der Waals surface area contributed by atoms with E-state index in [0.717, 1.165) is 21.3 Å². The number of amides is 1. The maximum absolute atomic E-state index is 15.7. The van der Waals surface area contributed by atoms with Gasteiger partial charge in [0.2, 0.25) is 5.91 Å². The van der Waals surface area contributed by atoms with Crippen LogP contribution in [0.1, 0.15) is 72.2 Å². The fourth-order valence-corrected chi connectivity index (χ4v) is 5.50. The summed E-state index contributed by atoms with van der Waals surface area (Å²) in [5.41, 5.74) is 3.78. The van der Waals surface area contributed by atoms with Crippen LogP contribution in [0.2, 0.25) is 0 Å². The van der Waals surface area contributed by atoms with Crippen molar-refractivity contribution < 1.29 is 23.5 Å². The van der Waals surface area contributed by atoms with Crippen molar-refractivity contribution in [2.24, 2.45) is 5.92 Å². The van der Waals surface area contributed by atoms with Crippen LogP contribution in [0.4, 0.5) is 8.78 Å². The number of carbonyl (C=O) groups excluding carboxylic acids is 1. The van der Waals surface area contributed by atoms with Crippen molar-refractivity contribution >= 4 is 25.4 Å². The number of carbonyl (C=O) groups is 2. The van der Waals surface area contributed by atoms with E-state index >= 15 is 8.78 Å². The van der Waals surface area contributed by atoms with Crippen LogP contribution >= 0.6 is 13.5 Å². The summed E-state index contributed by atoms with van der Waals surface area (Å²) in [5.74, 6) is -3.53. The Kier molecular flexibility index (Phi) is 12.9. The van der Waals surface area contributed by atoms with E-state index in [-0.39, 0.29) is 37.0 Å². The van der Waals surface area contributed by atoms with Gasteiger partial charge in [0.15, 0.2) is 5.82 Å². The molecular weight excluding hydrogens is 584 g/mol. The predicted molar refractivity (Wildman–Crippen MR) is 176 cm³/mol. The minimum Gasteiger partial charge on any atom is -0.481 e. The Morgan fingerprint density at radius 1 is 1.00 bits per heavy atom. The Bertz CT molecular complexity index is 1550. The normalized spacial score (nSPS) is 12.6. The molecule has 2 aromatic carbocycles. The summed E-state index contributed by atoms with van der Waals surface area (Å²) >= 11 is 0. The van der Waals surface area contributed by atoms with Crippen molar-refractivity contribution in [3.63, 3.8) is 0 Å². The number of hydrogen-bond acceptors (Lipinski definition) is 4. The molecule has 0 aliphatic heterocycles. The van der Waals surface area contributed by atoms with E-state index in [1.165, 1.54) is 6.20 Å². The van der Waals surface area contributed by atoms with Crippen LogP contribution < -0.4 is 10.9 Å². The summed E-state index contributed by atoms with van der Waals surface area (Å²) in [7, 11) is 3.77. The van der Waals surface area contributed by atoms with Crippen LogP contribution in [0, 0.1) is 45.2 Å². The van der Waals surface area contributed by atoms with Gasteiger partial charge in [-0.15, -0.1) is 0 Å². The molecule has 0 fully saturated rings. The first-order chi connectivity index (χ1) is 20.1. The molecule has 0 bridgehead atoms. The maximum Gasteiger partial charge on any atom is 0.305 e. The van der Waals surface area contributed by atoms with E-state index in [4.69, 9.17) is 0 Å². The van der Waals surface area contributed by atoms with E-state index in [1.807, 2.05) is 64.9 Å². The monoisotopic (exact) mass is 629 g/mol. The molecule has 7 nitrogen and oxygen atoms in total. The van der Waals surface area contributed by atoms with Crippen molar-refractivity contribution in [2.45, 2.75) is 72.9 Å². The molecule has 1 aromatic heterocycles. The van der Waals surface area contributed by atoms with Gasteiger partial charge in [-0.05, 0) is 112 Å². The first-order valence-corrected chi connectivity index (χ1v) is 14.6. The molecule has 10 heteroatoms. The summed E-state index contributed by atoms with van der Waals surface area (Å²) in [6.45, 7) is 11.4. The Labute approximate surface area is 265 Å². The SMILES string of the molecule is Cc1cc(-c2c(C)cccc2C)cc([C@H](CC(=O)O)NC(=O)C(CC(C)C)n2cc(CCN(C)C)c(C)c(F)c2=O)c1F.S. The van der Waals surface area contributed by atoms with Crippen molar-refractivity contribution in [3.8, 4) is 11.1 Å². The fraction of sp³-hybridized carbons (Fsp3) is 0.441. The lowest BCUT2D eigenvalue weighted by atomic mass is 9.90. The molecule has 3 rings (SSSR count). The van der Waals surface area contributed by atoms with Crippen LogP contribution in [0.3, 0.4) is 0 Å². The van der Waals surface area contributed by atoms with Gasteiger partial charge in [-0.3, -0.25) is 14.4 Å². The van der Waals surface area contributed by atoms with Crippen LogP contribution in [-0.2, 0) is 16.0 Å². The van der Waals surface area contributed by atoms with Crippen LogP contribution in [0.15, 0.2) is 41.3 Å². The quantitative estimate of drug-likeness (QED) is 0.250. The van der Waals surface area contributed by atoms with E-state index in [9.17, 15) is 19.5 Å². The molecule has 1 unspecified atom stereocenters. The van der Waals surface area contributed by atoms with Crippen LogP contribution in [0.25, 0.3) is 11.1 Å². The maximum atomic E-state index is 15.7. The average molecular weight is 630 g/mol. The number of carboxylic acid groups (broad SMARTS) is 1. The van der Waals surface area contributed by atoms with Crippen LogP contribution in [0.5, 0.6) is 0 Å². The zero-order valence-corrected chi connectivity index (χ0v) is 27.8. The third kappa shape index (κ3) is 8.57. The highest BCUT2D eigenvalue weighted by Crippen LogP contribution is 2.33. The number of benzene rings is 2. The number of nitrogens with zero attached hydrogens (tertiary/aromatic N) is 2. The Morgan fingerprint density at radius 3 is 2.16 bits per heavy atom. The van der Waals surface area contributed by atoms with Gasteiger partial charge in [0.1, 0.15) is 11.9 Å². The van der Waals surface area contributed by atoms with Gasteiger partial charge < -0.3 is 19.9 Å². The summed E-state index contributed by atoms with van der Waals surface area (Å²) < 4.78 is 32.0. The van der Waals surface area contributed by atoms with Crippen LogP contribution in [-0.4, -0.2) is 47.1 Å². The standard InChI is InChI=1S/C34H43F2N3O4.H2S/c1-19(2)14-28(39-18-24(12-13-38(7)8)23(6)32(36)34(39)43)33(42)37-27(17-29(40)41)26-16-25(15-22(5)31(26)35)30-20(3)10-9-11-21(30)4;/h9-11,15-16,18-19,27-28H,12-14,17H2,1-8H3,(H,37,42)(H,40,41);1H2/t27-,28?;/m0./s1. The van der Waals surface area contributed by atoms with Crippen molar-refractivity contribution in [3.05, 3.63) is 91.9 Å². The molecule has 1 heterocycles. The largest absolute Gasteiger partial charge is 0.481 e. The molecule has 44 heavy (non-hydrogen) atoms. The number of pyridine rings is 1. The highest BCUT2D eigenvalue weighted by atomic mass is 32.1. The topological polar surface area (TPSA) is 91.6 Å². The minimum absolute atomic E-state index is 0. The number of nitrogens with one attached hydrogen (secondary N) is 1. The molecule has 1 amide bonds. The molecule has 0 aliphatic carbocycles. The zero-order valence-electron chi connectivity index (χ0n) is 26.8. The smallest absolute Gasteiger partial charge is 0.305 e. The Balaban J connectivity index is 0.00000675.